The van der Waals surface area contributed by atoms with Crippen LogP contribution in [-0.2, 0) is 4.79 Å². The monoisotopic (exact) mass is 442 g/mol. The summed E-state index contributed by atoms with van der Waals surface area (Å²) in [6.45, 7) is 1.12. The van der Waals surface area contributed by atoms with Gasteiger partial charge >= 0.3 is 6.36 Å². The minimum absolute atomic E-state index is 0.0149. The quantitative estimate of drug-likeness (QED) is 0.609. The van der Waals surface area contributed by atoms with Crippen molar-refractivity contribution in [1.82, 2.24) is 10.2 Å². The van der Waals surface area contributed by atoms with E-state index in [2.05, 4.69) is 20.3 Å². The highest BCUT2D eigenvalue weighted by atomic mass is 19.4. The van der Waals surface area contributed by atoms with Gasteiger partial charge in [0.25, 0.3) is 0 Å². The van der Waals surface area contributed by atoms with Gasteiger partial charge < -0.3 is 15.0 Å². The third-order valence-electron chi connectivity index (χ3n) is 5.21. The second kappa shape index (κ2) is 9.25. The number of nitrogens with one attached hydrogen (secondary N) is 1. The van der Waals surface area contributed by atoms with E-state index < -0.39 is 18.0 Å². The van der Waals surface area contributed by atoms with E-state index in [0.29, 0.717) is 18.8 Å². The number of halogens is 3. The zero-order valence-corrected chi connectivity index (χ0v) is 17.0. The Hall–Kier alpha value is -3.62. The molecule has 1 unspecified atom stereocenters. The molecule has 0 aliphatic carbocycles. The van der Waals surface area contributed by atoms with Gasteiger partial charge in [0.1, 0.15) is 0 Å². The molecule has 1 N–H and O–H groups in total. The number of amides is 1. The number of hydrogen-bond acceptors (Lipinski definition) is 5. The van der Waals surface area contributed by atoms with E-state index in [0.717, 1.165) is 24.2 Å². The van der Waals surface area contributed by atoms with E-state index in [1.807, 2.05) is 47.4 Å². The number of ether oxygens (including phenoxy) is 1. The van der Waals surface area contributed by atoms with Gasteiger partial charge in [-0.25, -0.2) is 0 Å². The lowest BCUT2D eigenvalue weighted by Gasteiger charge is -2.32. The van der Waals surface area contributed by atoms with Crippen molar-refractivity contribution in [2.24, 2.45) is 5.92 Å². The van der Waals surface area contributed by atoms with Gasteiger partial charge in [-0.15, -0.1) is 23.4 Å². The molecule has 2 heterocycles. The summed E-state index contributed by atoms with van der Waals surface area (Å²) in [6, 6.07) is 18.9. The van der Waals surface area contributed by atoms with E-state index >= 15 is 0 Å². The zero-order valence-electron chi connectivity index (χ0n) is 17.0. The predicted molar refractivity (Wildman–Crippen MR) is 114 cm³/mol. The van der Waals surface area contributed by atoms with Crippen LogP contribution in [0.15, 0.2) is 66.7 Å². The van der Waals surface area contributed by atoms with Crippen molar-refractivity contribution in [2.45, 2.75) is 19.2 Å². The third kappa shape index (κ3) is 5.35. The maximum atomic E-state index is 12.8. The summed E-state index contributed by atoms with van der Waals surface area (Å²) < 4.78 is 41.9. The lowest BCUT2D eigenvalue weighted by molar-refractivity contribution is -0.274. The molecule has 1 aliphatic rings. The standard InChI is InChI=1S/C23H21F3N4O2/c24-23(25,26)32-20-11-5-4-10-19(20)27-22(31)17-9-6-14-30(15-17)21-13-12-18(28-29-21)16-7-2-1-3-8-16/h1-5,7-8,10-13,17H,6,9,14-15H2,(H,27,31). The van der Waals surface area contributed by atoms with Crippen LogP contribution in [0.3, 0.4) is 0 Å². The Morgan fingerprint density at radius 2 is 1.75 bits per heavy atom. The first-order chi connectivity index (χ1) is 15.4. The normalized spacial score (nSPS) is 16.5. The highest BCUT2D eigenvalue weighted by Gasteiger charge is 2.33. The molecule has 1 atom stereocenters. The maximum absolute atomic E-state index is 12.8. The summed E-state index contributed by atoms with van der Waals surface area (Å²) in [5.41, 5.74) is 1.70. The molecule has 1 aromatic heterocycles. The highest BCUT2D eigenvalue weighted by Crippen LogP contribution is 2.31. The minimum atomic E-state index is -4.84. The lowest BCUT2D eigenvalue weighted by atomic mass is 9.97. The second-order valence-corrected chi connectivity index (χ2v) is 7.46. The largest absolute Gasteiger partial charge is 0.573 e. The van der Waals surface area contributed by atoms with E-state index in [1.165, 1.54) is 24.3 Å². The first kappa shape index (κ1) is 21.6. The van der Waals surface area contributed by atoms with Crippen LogP contribution in [0.5, 0.6) is 5.75 Å². The first-order valence-electron chi connectivity index (χ1n) is 10.2. The van der Waals surface area contributed by atoms with Gasteiger partial charge in [0, 0.05) is 18.7 Å². The predicted octanol–water partition coefficient (Wildman–Crippen LogP) is 4.90. The fourth-order valence-corrected chi connectivity index (χ4v) is 3.67. The van der Waals surface area contributed by atoms with Crippen molar-refractivity contribution >= 4 is 17.4 Å². The number of rotatable bonds is 5. The number of carbonyl (C=O) groups is 1. The molecule has 0 spiro atoms. The van der Waals surface area contributed by atoms with Crippen LogP contribution in [-0.4, -0.2) is 35.6 Å². The molecule has 166 valence electrons. The molecular formula is C23H21F3N4O2. The van der Waals surface area contributed by atoms with Gasteiger partial charge in [-0.1, -0.05) is 42.5 Å². The van der Waals surface area contributed by atoms with Crippen LogP contribution in [0.2, 0.25) is 0 Å². The molecule has 1 amide bonds. The minimum Gasteiger partial charge on any atom is -0.404 e. The molecule has 9 heteroatoms. The number of carbonyl (C=O) groups excluding carboxylic acids is 1. The van der Waals surface area contributed by atoms with Crippen LogP contribution in [0.25, 0.3) is 11.3 Å². The molecule has 32 heavy (non-hydrogen) atoms. The summed E-state index contributed by atoms with van der Waals surface area (Å²) in [7, 11) is 0. The van der Waals surface area contributed by atoms with Crippen molar-refractivity contribution in [3.05, 3.63) is 66.7 Å². The molecular weight excluding hydrogens is 421 g/mol. The van der Waals surface area contributed by atoms with E-state index in [-0.39, 0.29) is 11.6 Å². The maximum Gasteiger partial charge on any atom is 0.573 e. The Morgan fingerprint density at radius 1 is 1.00 bits per heavy atom. The number of anilines is 2. The van der Waals surface area contributed by atoms with Crippen LogP contribution in [0, 0.1) is 5.92 Å². The average Bonchev–Trinajstić information content (AvgIpc) is 2.80. The highest BCUT2D eigenvalue weighted by molar-refractivity contribution is 5.94. The third-order valence-corrected chi connectivity index (χ3v) is 5.21. The zero-order chi connectivity index (χ0) is 22.6. The first-order valence-corrected chi connectivity index (χ1v) is 10.2. The van der Waals surface area contributed by atoms with E-state index in [4.69, 9.17) is 0 Å². The van der Waals surface area contributed by atoms with Gasteiger partial charge in [-0.2, -0.15) is 0 Å². The Balaban J connectivity index is 1.43. The second-order valence-electron chi connectivity index (χ2n) is 7.46. The van der Waals surface area contributed by atoms with Crippen molar-refractivity contribution in [3.8, 4) is 17.0 Å². The molecule has 1 saturated heterocycles. The lowest BCUT2D eigenvalue weighted by Crippen LogP contribution is -2.41. The molecule has 0 radical (unpaired) electrons. The van der Waals surface area contributed by atoms with Crippen molar-refractivity contribution in [2.75, 3.05) is 23.3 Å². The molecule has 0 saturated carbocycles. The summed E-state index contributed by atoms with van der Waals surface area (Å²) >= 11 is 0. The summed E-state index contributed by atoms with van der Waals surface area (Å²) in [5.74, 6) is -0.550. The van der Waals surface area contributed by atoms with E-state index in [1.54, 1.807) is 0 Å². The Morgan fingerprint density at radius 3 is 2.47 bits per heavy atom. The van der Waals surface area contributed by atoms with Crippen LogP contribution in [0.4, 0.5) is 24.7 Å². The fraction of sp³-hybridized carbons (Fsp3) is 0.261. The molecule has 4 rings (SSSR count). The average molecular weight is 442 g/mol. The number of piperidine rings is 1. The smallest absolute Gasteiger partial charge is 0.404 e. The Kier molecular flexibility index (Phi) is 6.25. The van der Waals surface area contributed by atoms with Crippen molar-refractivity contribution in [3.63, 3.8) is 0 Å². The molecule has 2 aromatic carbocycles. The molecule has 1 fully saturated rings. The number of para-hydroxylation sites is 2. The summed E-state index contributed by atoms with van der Waals surface area (Å²) in [6.07, 6.45) is -3.46. The number of hydrogen-bond donors (Lipinski definition) is 1. The van der Waals surface area contributed by atoms with Crippen LogP contribution >= 0.6 is 0 Å². The molecule has 3 aromatic rings. The number of nitrogens with zero attached hydrogens (tertiary/aromatic N) is 3. The number of aromatic nitrogens is 2. The van der Waals surface area contributed by atoms with Crippen molar-refractivity contribution in [1.29, 1.82) is 0 Å². The summed E-state index contributed by atoms with van der Waals surface area (Å²) in [4.78, 5) is 14.8. The van der Waals surface area contributed by atoms with Gasteiger partial charge in [0.2, 0.25) is 5.91 Å². The fourth-order valence-electron chi connectivity index (χ4n) is 3.67. The van der Waals surface area contributed by atoms with E-state index in [9.17, 15) is 18.0 Å². The Labute approximate surface area is 183 Å². The Bertz CT molecular complexity index is 1060. The summed E-state index contributed by atoms with van der Waals surface area (Å²) in [5, 5.41) is 11.2. The number of benzene rings is 2. The molecule has 0 bridgehead atoms. The number of alkyl halides is 3. The van der Waals surface area contributed by atoms with Gasteiger partial charge in [-0.3, -0.25) is 4.79 Å². The van der Waals surface area contributed by atoms with Gasteiger partial charge in [-0.05, 0) is 37.1 Å². The van der Waals surface area contributed by atoms with Gasteiger partial charge in [0.15, 0.2) is 11.6 Å². The molecule has 1 aliphatic heterocycles. The van der Waals surface area contributed by atoms with Crippen molar-refractivity contribution < 1.29 is 22.7 Å². The SMILES string of the molecule is O=C(Nc1ccccc1OC(F)(F)F)C1CCCN(c2ccc(-c3ccccc3)nn2)C1. The molecule has 6 nitrogen and oxygen atoms in total. The van der Waals surface area contributed by atoms with Gasteiger partial charge in [0.05, 0.1) is 17.3 Å². The van der Waals surface area contributed by atoms with Crippen LogP contribution < -0.4 is 15.0 Å². The topological polar surface area (TPSA) is 67.3 Å². The van der Waals surface area contributed by atoms with Crippen LogP contribution in [0.1, 0.15) is 12.8 Å².